The molecule has 0 spiro atoms. The Bertz CT molecular complexity index is 1560. The van der Waals surface area contributed by atoms with E-state index in [-0.39, 0.29) is 45.8 Å². The number of nitrogens with zero attached hydrogens (tertiary/aromatic N) is 1. The van der Waals surface area contributed by atoms with Gasteiger partial charge in [0.25, 0.3) is 5.91 Å². The van der Waals surface area contributed by atoms with E-state index in [1.165, 1.54) is 28.5 Å². The second kappa shape index (κ2) is 12.3. The molecule has 2 aromatic carbocycles. The van der Waals surface area contributed by atoms with E-state index in [0.717, 1.165) is 23.1 Å². The van der Waals surface area contributed by atoms with Crippen LogP contribution in [-0.4, -0.2) is 38.7 Å². The summed E-state index contributed by atoms with van der Waals surface area (Å²) in [5.41, 5.74) is -2.15. The average Bonchev–Trinajstić information content (AvgIpc) is 3.45. The molecule has 2 N–H and O–H groups in total. The van der Waals surface area contributed by atoms with E-state index in [9.17, 15) is 40.7 Å². The summed E-state index contributed by atoms with van der Waals surface area (Å²) in [4.78, 5) is 38.1. The molecule has 4 rings (SSSR count). The highest BCUT2D eigenvalue weighted by Crippen LogP contribution is 2.40. The number of carboxylic acid groups (broad SMARTS) is 1. The summed E-state index contributed by atoms with van der Waals surface area (Å²) in [5, 5.41) is 12.9. The Balaban J connectivity index is 1.44. The molecule has 1 fully saturated rings. The second-order valence-corrected chi connectivity index (χ2v) is 11.6. The fourth-order valence-corrected chi connectivity index (χ4v) is 6.12. The lowest BCUT2D eigenvalue weighted by atomic mass is 10.0. The van der Waals surface area contributed by atoms with Gasteiger partial charge in [-0.05, 0) is 64.5 Å². The summed E-state index contributed by atoms with van der Waals surface area (Å²) < 4.78 is 79.7. The summed E-state index contributed by atoms with van der Waals surface area (Å²) in [7, 11) is 0. The molecule has 6 nitrogen and oxygen atoms in total. The molecule has 0 unspecified atom stereocenters. The van der Waals surface area contributed by atoms with Gasteiger partial charge in [0, 0.05) is 23.5 Å². The number of alkyl halides is 6. The third-order valence-corrected chi connectivity index (χ3v) is 8.07. The molecule has 2 heterocycles. The lowest BCUT2D eigenvalue weighted by Crippen LogP contribution is -2.31. The SMILES string of the molecule is O=C(O)Cc1cccc(NC(=O)CCN2C(=O)C(=Cc3cc(-c4cc(C(F)(F)F)cc(C(F)(F)F)c4)cs3)SC2=S)c1. The van der Waals surface area contributed by atoms with Crippen LogP contribution in [0.2, 0.25) is 0 Å². The van der Waals surface area contributed by atoms with E-state index in [1.54, 1.807) is 18.2 Å². The van der Waals surface area contributed by atoms with Gasteiger partial charge in [-0.15, -0.1) is 11.3 Å². The Hall–Kier alpha value is -3.69. The topological polar surface area (TPSA) is 86.7 Å². The minimum absolute atomic E-state index is 0.0528. The molecule has 0 bridgehead atoms. The van der Waals surface area contributed by atoms with Crippen molar-refractivity contribution in [3.05, 3.63) is 80.4 Å². The predicted octanol–water partition coefficient (Wildman–Crippen LogP) is 7.31. The number of thiophene rings is 1. The number of amides is 2. The normalized spacial score (nSPS) is 15.0. The van der Waals surface area contributed by atoms with Gasteiger partial charge in [-0.1, -0.05) is 36.1 Å². The third kappa shape index (κ3) is 7.77. The maximum atomic E-state index is 13.2. The lowest BCUT2D eigenvalue weighted by Gasteiger charge is -2.14. The number of thioether (sulfide) groups is 1. The van der Waals surface area contributed by atoms with Gasteiger partial charge in [0.1, 0.15) is 4.32 Å². The molecule has 3 aromatic rings. The van der Waals surface area contributed by atoms with Crippen LogP contribution in [0.3, 0.4) is 0 Å². The van der Waals surface area contributed by atoms with Gasteiger partial charge in [-0.25, -0.2) is 0 Å². The molecule has 1 aromatic heterocycles. The summed E-state index contributed by atoms with van der Waals surface area (Å²) in [6.07, 6.45) is -8.87. The first kappa shape index (κ1) is 31.3. The van der Waals surface area contributed by atoms with Crippen LogP contribution in [0.25, 0.3) is 17.2 Å². The highest BCUT2D eigenvalue weighted by atomic mass is 32.2. The predicted molar refractivity (Wildman–Crippen MR) is 151 cm³/mol. The smallest absolute Gasteiger partial charge is 0.416 e. The third-order valence-electron chi connectivity index (χ3n) is 5.82. The standard InChI is InChI=1S/C27H18F6N2O4S3/c28-26(29,30)17-8-15(9-18(11-17)27(31,32)33)16-10-20(41-13-16)12-21-24(39)35(25(40)42-21)5-4-22(36)34-19-3-1-2-14(6-19)7-23(37)38/h1-3,6,8-13H,4-5,7H2,(H,34,36)(H,37,38). The maximum Gasteiger partial charge on any atom is 0.416 e. The van der Waals surface area contributed by atoms with Crippen molar-refractivity contribution in [2.45, 2.75) is 25.2 Å². The van der Waals surface area contributed by atoms with Gasteiger partial charge in [0.05, 0.1) is 22.5 Å². The van der Waals surface area contributed by atoms with Crippen LogP contribution in [0.15, 0.2) is 58.8 Å². The summed E-state index contributed by atoms with van der Waals surface area (Å²) in [5.74, 6) is -1.97. The number of nitrogens with one attached hydrogen (secondary N) is 1. The van der Waals surface area contributed by atoms with E-state index >= 15 is 0 Å². The Morgan fingerprint density at radius 2 is 1.64 bits per heavy atom. The largest absolute Gasteiger partial charge is 0.481 e. The number of hydrogen-bond donors (Lipinski definition) is 2. The zero-order valence-electron chi connectivity index (χ0n) is 21.0. The highest BCUT2D eigenvalue weighted by Gasteiger charge is 2.37. The highest BCUT2D eigenvalue weighted by molar-refractivity contribution is 8.26. The van der Waals surface area contributed by atoms with Crippen molar-refractivity contribution in [2.24, 2.45) is 0 Å². The van der Waals surface area contributed by atoms with Crippen molar-refractivity contribution in [1.29, 1.82) is 0 Å². The molecule has 1 aliphatic heterocycles. The Morgan fingerprint density at radius 3 is 2.26 bits per heavy atom. The number of halogens is 6. The summed E-state index contributed by atoms with van der Waals surface area (Å²) >= 11 is 7.23. The van der Waals surface area contributed by atoms with Gasteiger partial charge in [-0.2, -0.15) is 26.3 Å². The van der Waals surface area contributed by atoms with Crippen molar-refractivity contribution in [1.82, 2.24) is 4.90 Å². The van der Waals surface area contributed by atoms with E-state index in [4.69, 9.17) is 17.3 Å². The van der Waals surface area contributed by atoms with Gasteiger partial charge in [0.2, 0.25) is 5.91 Å². The number of carbonyl (C=O) groups is 3. The molecule has 2 amide bonds. The zero-order chi connectivity index (χ0) is 30.8. The van der Waals surface area contributed by atoms with Crippen LogP contribution in [0.1, 0.15) is 28.0 Å². The molecular formula is C27H18F6N2O4S3. The Kier molecular flexibility index (Phi) is 9.13. The average molecular weight is 645 g/mol. The molecular weight excluding hydrogens is 626 g/mol. The molecule has 220 valence electrons. The summed E-state index contributed by atoms with van der Waals surface area (Å²) in [6, 6.07) is 9.00. The van der Waals surface area contributed by atoms with Gasteiger partial charge in [-0.3, -0.25) is 19.3 Å². The molecule has 1 aliphatic rings. The number of anilines is 1. The van der Waals surface area contributed by atoms with Crippen molar-refractivity contribution in [3.63, 3.8) is 0 Å². The van der Waals surface area contributed by atoms with Crippen molar-refractivity contribution in [2.75, 3.05) is 11.9 Å². The number of benzene rings is 2. The fraction of sp³-hybridized carbons (Fsp3) is 0.185. The number of aliphatic carboxylic acids is 1. The van der Waals surface area contributed by atoms with E-state index in [2.05, 4.69) is 5.32 Å². The van der Waals surface area contributed by atoms with Crippen LogP contribution < -0.4 is 5.32 Å². The number of rotatable bonds is 8. The van der Waals surface area contributed by atoms with Crippen molar-refractivity contribution in [3.8, 4) is 11.1 Å². The monoisotopic (exact) mass is 644 g/mol. The van der Waals surface area contributed by atoms with Crippen molar-refractivity contribution < 1.29 is 45.8 Å². The van der Waals surface area contributed by atoms with E-state index in [0.29, 0.717) is 28.3 Å². The molecule has 0 radical (unpaired) electrons. The number of carboxylic acids is 1. The molecule has 42 heavy (non-hydrogen) atoms. The van der Waals surface area contributed by atoms with E-state index in [1.807, 2.05) is 0 Å². The van der Waals surface area contributed by atoms with Crippen LogP contribution >= 0.6 is 35.3 Å². The molecule has 0 saturated carbocycles. The number of thiocarbonyl (C=S) groups is 1. The molecule has 0 atom stereocenters. The maximum absolute atomic E-state index is 13.2. The molecule has 1 saturated heterocycles. The first-order chi connectivity index (χ1) is 19.6. The number of hydrogen-bond acceptors (Lipinski definition) is 6. The van der Waals surface area contributed by atoms with Crippen LogP contribution in [0.4, 0.5) is 32.0 Å². The van der Waals surface area contributed by atoms with Crippen molar-refractivity contribution >= 4 is 69.2 Å². The minimum Gasteiger partial charge on any atom is -0.481 e. The Labute approximate surface area is 248 Å². The molecule has 0 aliphatic carbocycles. The van der Waals surface area contributed by atoms with Gasteiger partial charge >= 0.3 is 18.3 Å². The zero-order valence-corrected chi connectivity index (χ0v) is 23.5. The first-order valence-electron chi connectivity index (χ1n) is 11.8. The van der Waals surface area contributed by atoms with Gasteiger partial charge in [0.15, 0.2) is 0 Å². The van der Waals surface area contributed by atoms with Crippen LogP contribution in [0, 0.1) is 0 Å². The summed E-state index contributed by atoms with van der Waals surface area (Å²) in [6.45, 7) is -0.0528. The second-order valence-electron chi connectivity index (χ2n) is 8.93. The number of carbonyl (C=O) groups excluding carboxylic acids is 2. The molecule has 15 heteroatoms. The van der Waals surface area contributed by atoms with Crippen LogP contribution in [0.5, 0.6) is 0 Å². The minimum atomic E-state index is -4.98. The quantitative estimate of drug-likeness (QED) is 0.152. The fourth-order valence-electron chi connectivity index (χ4n) is 3.89. The lowest BCUT2D eigenvalue weighted by molar-refractivity contribution is -0.143. The van der Waals surface area contributed by atoms with Crippen LogP contribution in [-0.2, 0) is 33.2 Å². The first-order valence-corrected chi connectivity index (χ1v) is 13.9. The van der Waals surface area contributed by atoms with Gasteiger partial charge < -0.3 is 10.4 Å². The Morgan fingerprint density at radius 1 is 0.976 bits per heavy atom. The van der Waals surface area contributed by atoms with E-state index < -0.39 is 41.3 Å².